The fraction of sp³-hybridized carbons (Fsp3) is 0.217. The highest BCUT2D eigenvalue weighted by atomic mass is 19.1. The smallest absolute Gasteiger partial charge is 0.279 e. The van der Waals surface area contributed by atoms with E-state index in [0.717, 1.165) is 35.0 Å². The largest absolute Gasteiger partial charge is 0.305 e. The molecule has 0 saturated heterocycles. The molecule has 7 nitrogen and oxygen atoms in total. The second-order valence-corrected chi connectivity index (χ2v) is 7.74. The Morgan fingerprint density at radius 2 is 1.78 bits per heavy atom. The number of carbonyl (C=O) groups is 1. The van der Waals surface area contributed by atoms with E-state index in [1.54, 1.807) is 20.0 Å². The molecule has 0 aliphatic rings. The van der Waals surface area contributed by atoms with Gasteiger partial charge in [-0.05, 0) is 57.5 Å². The first-order valence-electron chi connectivity index (χ1n) is 10.0. The molecular formula is C23H22F2N6O. The first-order valence-corrected chi connectivity index (χ1v) is 10.0. The van der Waals surface area contributed by atoms with Gasteiger partial charge in [0.2, 0.25) is 0 Å². The molecule has 2 aromatic carbocycles. The summed E-state index contributed by atoms with van der Waals surface area (Å²) in [6, 6.07) is 9.09. The highest BCUT2D eigenvalue weighted by Gasteiger charge is 2.20. The van der Waals surface area contributed by atoms with Crippen molar-refractivity contribution >= 4 is 11.7 Å². The summed E-state index contributed by atoms with van der Waals surface area (Å²) in [6.07, 6.45) is 1.55. The molecule has 0 atom stereocenters. The lowest BCUT2D eigenvalue weighted by Gasteiger charge is -2.10. The van der Waals surface area contributed by atoms with Crippen LogP contribution < -0.4 is 5.32 Å². The first kappa shape index (κ1) is 21.4. The Bertz CT molecular complexity index is 1320. The van der Waals surface area contributed by atoms with Crippen molar-refractivity contribution in [1.82, 2.24) is 24.8 Å². The lowest BCUT2D eigenvalue weighted by molar-refractivity contribution is 0.102. The van der Waals surface area contributed by atoms with Gasteiger partial charge in [0.25, 0.3) is 5.91 Å². The van der Waals surface area contributed by atoms with Gasteiger partial charge in [-0.15, -0.1) is 5.10 Å². The van der Waals surface area contributed by atoms with Gasteiger partial charge in [-0.25, -0.2) is 13.5 Å². The maximum atomic E-state index is 14.1. The number of halogens is 2. The Hall–Kier alpha value is -3.88. The summed E-state index contributed by atoms with van der Waals surface area (Å²) in [7, 11) is 0. The number of hydrogen-bond donors (Lipinski definition) is 1. The average Bonchev–Trinajstić information content (AvgIpc) is 3.28. The van der Waals surface area contributed by atoms with Crippen LogP contribution in [0.5, 0.6) is 0 Å². The van der Waals surface area contributed by atoms with Gasteiger partial charge in [0.05, 0.1) is 24.1 Å². The fourth-order valence-corrected chi connectivity index (χ4v) is 3.48. The lowest BCUT2D eigenvalue weighted by atomic mass is 10.1. The number of nitrogens with one attached hydrogen (secondary N) is 1. The number of hydrogen-bond acceptors (Lipinski definition) is 4. The molecule has 2 aromatic heterocycles. The van der Waals surface area contributed by atoms with Gasteiger partial charge in [-0.1, -0.05) is 17.7 Å². The zero-order valence-corrected chi connectivity index (χ0v) is 18.1. The third-order valence-electron chi connectivity index (χ3n) is 5.15. The SMILES string of the molecule is Cc1ccc(-n2nc(C)c(C(=O)Nc3c(C)cnn3Cc3cc(F)ccc3F)n2)c(C)c1. The van der Waals surface area contributed by atoms with Crippen LogP contribution in [0.2, 0.25) is 0 Å². The van der Waals surface area contributed by atoms with Gasteiger partial charge in [-0.3, -0.25) is 4.79 Å². The molecule has 1 N–H and O–H groups in total. The van der Waals surface area contributed by atoms with E-state index in [4.69, 9.17) is 0 Å². The van der Waals surface area contributed by atoms with Gasteiger partial charge in [0, 0.05) is 11.1 Å². The van der Waals surface area contributed by atoms with E-state index in [1.165, 1.54) is 9.48 Å². The second-order valence-electron chi connectivity index (χ2n) is 7.74. The first-order chi connectivity index (χ1) is 15.2. The molecule has 0 saturated carbocycles. The van der Waals surface area contributed by atoms with Crippen molar-refractivity contribution in [3.05, 3.63) is 87.9 Å². The fourth-order valence-electron chi connectivity index (χ4n) is 3.48. The van der Waals surface area contributed by atoms with E-state index >= 15 is 0 Å². The molecule has 0 spiro atoms. The second kappa shape index (κ2) is 8.33. The van der Waals surface area contributed by atoms with Crippen molar-refractivity contribution < 1.29 is 13.6 Å². The van der Waals surface area contributed by atoms with Crippen LogP contribution in [0.1, 0.15) is 38.4 Å². The predicted molar refractivity (Wildman–Crippen MR) is 116 cm³/mol. The molecule has 0 radical (unpaired) electrons. The molecule has 0 aliphatic heterocycles. The van der Waals surface area contributed by atoms with E-state index in [0.29, 0.717) is 17.1 Å². The Labute approximate surface area is 183 Å². The van der Waals surface area contributed by atoms with Crippen LogP contribution in [0.25, 0.3) is 5.69 Å². The standard InChI is InChI=1S/C23H22F2N6O/c1-13-5-8-20(14(2)9-13)31-28-16(4)21(29-31)23(32)27-22-15(3)11-26-30(22)12-17-10-18(24)6-7-19(17)25/h5-11H,12H2,1-4H3,(H,27,32). The van der Waals surface area contributed by atoms with Gasteiger partial charge in [0.1, 0.15) is 17.5 Å². The van der Waals surface area contributed by atoms with Crippen LogP contribution in [0.3, 0.4) is 0 Å². The number of rotatable bonds is 5. The van der Waals surface area contributed by atoms with E-state index in [2.05, 4.69) is 20.6 Å². The van der Waals surface area contributed by atoms with E-state index in [9.17, 15) is 13.6 Å². The Kier molecular flexibility index (Phi) is 5.56. The van der Waals surface area contributed by atoms with Crippen LogP contribution in [0, 0.1) is 39.3 Å². The number of amides is 1. The summed E-state index contributed by atoms with van der Waals surface area (Å²) in [6.45, 7) is 7.38. The third-order valence-corrected chi connectivity index (χ3v) is 5.15. The van der Waals surface area contributed by atoms with Crippen LogP contribution >= 0.6 is 0 Å². The number of carbonyl (C=O) groups excluding carboxylic acids is 1. The summed E-state index contributed by atoms with van der Waals surface area (Å²) in [5, 5.41) is 15.7. The molecule has 0 unspecified atom stereocenters. The zero-order valence-electron chi connectivity index (χ0n) is 18.1. The van der Waals surface area contributed by atoms with Crippen LogP contribution in [-0.4, -0.2) is 30.7 Å². The summed E-state index contributed by atoms with van der Waals surface area (Å²) >= 11 is 0. The molecular weight excluding hydrogens is 414 g/mol. The Morgan fingerprint density at radius 1 is 1.00 bits per heavy atom. The summed E-state index contributed by atoms with van der Waals surface area (Å²) in [4.78, 5) is 14.4. The average molecular weight is 436 g/mol. The van der Waals surface area contributed by atoms with Crippen molar-refractivity contribution in [3.63, 3.8) is 0 Å². The van der Waals surface area contributed by atoms with Gasteiger partial charge in [-0.2, -0.15) is 15.0 Å². The molecule has 0 bridgehead atoms. The minimum atomic E-state index is -0.552. The number of anilines is 1. The molecule has 1 amide bonds. The molecule has 0 fully saturated rings. The van der Waals surface area contributed by atoms with Crippen molar-refractivity contribution in [2.24, 2.45) is 0 Å². The molecule has 32 heavy (non-hydrogen) atoms. The maximum Gasteiger partial charge on any atom is 0.279 e. The third kappa shape index (κ3) is 4.14. The quantitative estimate of drug-likeness (QED) is 0.507. The lowest BCUT2D eigenvalue weighted by Crippen LogP contribution is -2.18. The molecule has 2 heterocycles. The van der Waals surface area contributed by atoms with Crippen molar-refractivity contribution in [1.29, 1.82) is 0 Å². The minimum Gasteiger partial charge on any atom is -0.305 e. The highest BCUT2D eigenvalue weighted by molar-refractivity contribution is 6.03. The van der Waals surface area contributed by atoms with Crippen molar-refractivity contribution in [3.8, 4) is 5.69 Å². The molecule has 0 aliphatic carbocycles. The summed E-state index contributed by atoms with van der Waals surface area (Å²) in [5.74, 6) is -1.19. The van der Waals surface area contributed by atoms with E-state index < -0.39 is 17.5 Å². The summed E-state index contributed by atoms with van der Waals surface area (Å²) < 4.78 is 29.0. The summed E-state index contributed by atoms with van der Waals surface area (Å²) in [5.41, 5.74) is 4.30. The monoisotopic (exact) mass is 436 g/mol. The number of aromatic nitrogens is 5. The highest BCUT2D eigenvalue weighted by Crippen LogP contribution is 2.20. The van der Waals surface area contributed by atoms with Crippen LogP contribution in [-0.2, 0) is 6.54 Å². The van der Waals surface area contributed by atoms with Gasteiger partial charge < -0.3 is 5.32 Å². The topological polar surface area (TPSA) is 77.6 Å². The molecule has 4 aromatic rings. The number of nitrogens with zero attached hydrogens (tertiary/aromatic N) is 5. The van der Waals surface area contributed by atoms with Crippen molar-refractivity contribution in [2.45, 2.75) is 34.2 Å². The van der Waals surface area contributed by atoms with Gasteiger partial charge >= 0.3 is 0 Å². The van der Waals surface area contributed by atoms with Crippen LogP contribution in [0.4, 0.5) is 14.6 Å². The Balaban J connectivity index is 1.61. The molecule has 164 valence electrons. The van der Waals surface area contributed by atoms with Gasteiger partial charge in [0.15, 0.2) is 5.69 Å². The van der Waals surface area contributed by atoms with Crippen LogP contribution in [0.15, 0.2) is 42.6 Å². The van der Waals surface area contributed by atoms with E-state index in [-0.39, 0.29) is 17.8 Å². The number of aryl methyl sites for hydroxylation is 4. The predicted octanol–water partition coefficient (Wildman–Crippen LogP) is 4.28. The van der Waals surface area contributed by atoms with E-state index in [1.807, 2.05) is 32.0 Å². The van der Waals surface area contributed by atoms with Crippen molar-refractivity contribution in [2.75, 3.05) is 5.32 Å². The normalized spacial score (nSPS) is 11.1. The maximum absolute atomic E-state index is 14.1. The zero-order chi connectivity index (χ0) is 23.0. The minimum absolute atomic E-state index is 0.0404. The Morgan fingerprint density at radius 3 is 2.53 bits per heavy atom. The molecule has 9 heteroatoms. The number of benzene rings is 2. The molecule has 4 rings (SSSR count).